The Morgan fingerprint density at radius 3 is 0.769 bits per heavy atom. The van der Waals surface area contributed by atoms with E-state index in [4.69, 9.17) is 25.2 Å². The molecule has 0 aromatic carbocycles. The molecule has 0 spiro atoms. The van der Waals surface area contributed by atoms with E-state index in [-0.39, 0.29) is 26.2 Å². The van der Waals surface area contributed by atoms with Gasteiger partial charge in [-0.3, -0.25) is 0 Å². The Hall–Kier alpha value is -0.0269. The van der Waals surface area contributed by atoms with Crippen LogP contribution in [-0.4, -0.2) is 41.1 Å². The van der Waals surface area contributed by atoms with Gasteiger partial charge in [-0.1, -0.05) is 162 Å². The molecule has 0 aromatic rings. The Morgan fingerprint density at radius 2 is 0.641 bits per heavy atom. The largest absolute Gasteiger partial charge is 0.545 e. The molecule has 0 radical (unpaired) electrons. The van der Waals surface area contributed by atoms with Gasteiger partial charge in [0.15, 0.2) is 0 Å². The fourth-order valence-electron chi connectivity index (χ4n) is 3.74. The number of carboxylic acid groups (broad SMARTS) is 1. The van der Waals surface area contributed by atoms with Gasteiger partial charge in [0, 0.05) is 46.0 Å². The van der Waals surface area contributed by atoms with E-state index in [1.807, 2.05) is 0 Å². The molecule has 0 amide bonds. The van der Waals surface area contributed by atoms with Crippen LogP contribution in [0.3, 0.4) is 0 Å². The Labute approximate surface area is 263 Å². The number of aliphatic hydroxyl groups is 3. The number of carbonyl (C=O) groups is 1. The molecule has 0 aliphatic carbocycles. The normalized spacial score (nSPS) is 9.59. The third kappa shape index (κ3) is 72.8. The van der Waals surface area contributed by atoms with E-state index in [0.29, 0.717) is 19.8 Å². The second-order valence-corrected chi connectivity index (χ2v) is 10.1. The molecule has 3 N–H and O–H groups in total. The van der Waals surface area contributed by atoms with Crippen molar-refractivity contribution in [2.45, 2.75) is 175 Å². The fourth-order valence-corrected chi connectivity index (χ4v) is 3.74. The van der Waals surface area contributed by atoms with Crippen molar-refractivity contribution in [3.05, 3.63) is 12.7 Å². The van der Waals surface area contributed by atoms with Crippen LogP contribution in [0, 0.1) is 0 Å². The van der Waals surface area contributed by atoms with Crippen LogP contribution in [0.25, 0.3) is 0 Å². The molecular weight excluding hydrogens is 568 g/mol. The van der Waals surface area contributed by atoms with Crippen LogP contribution in [0.1, 0.15) is 175 Å². The average molecular weight is 637 g/mol. The summed E-state index contributed by atoms with van der Waals surface area (Å²) >= 11 is 0. The molecule has 0 saturated carbocycles. The number of unbranched alkanes of at least 4 members (excludes halogenated alkanes) is 21. The summed E-state index contributed by atoms with van der Waals surface area (Å²) in [6.07, 6.45) is 31.9. The molecule has 0 bridgehead atoms. The third-order valence-electron chi connectivity index (χ3n) is 6.20. The first-order valence-corrected chi connectivity index (χ1v) is 16.2. The number of aliphatic hydroxyl groups excluding tert-OH is 3. The van der Waals surface area contributed by atoms with Gasteiger partial charge in [-0.15, -0.1) is 0 Å². The summed E-state index contributed by atoms with van der Waals surface area (Å²) in [4.78, 5) is 9.14. The molecule has 0 heterocycles. The molecule has 0 rings (SSSR count). The molecule has 236 valence electrons. The minimum atomic E-state index is -1.23. The van der Waals surface area contributed by atoms with Gasteiger partial charge in [0.1, 0.15) is 0 Å². The van der Waals surface area contributed by atoms with E-state index in [1.54, 1.807) is 0 Å². The molecule has 0 aliphatic heterocycles. The van der Waals surface area contributed by atoms with Gasteiger partial charge in [-0.2, -0.15) is 0 Å². The van der Waals surface area contributed by atoms with Crippen molar-refractivity contribution in [3.63, 3.8) is 0 Å². The van der Waals surface area contributed by atoms with E-state index in [1.165, 1.54) is 135 Å². The summed E-state index contributed by atoms with van der Waals surface area (Å²) in [6.45, 7) is 10.7. The standard InChI is InChI=1S/3C10H22O.C3H4O2.Zr/c3*1-2-3-4-5-6-7-8-9-10-11;1-2-3(4)5;/h3*11H,2-10H2,1H3;2H,1H2,(H,4,5);/p-1. The summed E-state index contributed by atoms with van der Waals surface area (Å²) in [6, 6.07) is 0. The van der Waals surface area contributed by atoms with Crippen LogP contribution in [0.2, 0.25) is 0 Å². The monoisotopic (exact) mass is 635 g/mol. The van der Waals surface area contributed by atoms with Crippen molar-refractivity contribution in [1.82, 2.24) is 0 Å². The molecule has 0 aromatic heterocycles. The topological polar surface area (TPSA) is 101 Å². The van der Waals surface area contributed by atoms with Crippen molar-refractivity contribution in [1.29, 1.82) is 0 Å². The van der Waals surface area contributed by atoms with Gasteiger partial charge in [-0.25, -0.2) is 0 Å². The summed E-state index contributed by atoms with van der Waals surface area (Å²) in [5.74, 6) is -1.23. The maximum absolute atomic E-state index is 9.14. The van der Waals surface area contributed by atoms with E-state index < -0.39 is 5.97 Å². The predicted octanol–water partition coefficient (Wildman–Crippen LogP) is 8.28. The molecule has 0 saturated heterocycles. The van der Waals surface area contributed by atoms with Crippen molar-refractivity contribution in [3.8, 4) is 0 Å². The maximum atomic E-state index is 9.14. The zero-order chi connectivity index (χ0) is 29.4. The number of carbonyl (C=O) groups excluding carboxylic acids is 1. The first kappa shape index (κ1) is 48.7. The van der Waals surface area contributed by atoms with Gasteiger partial charge in [0.05, 0.1) is 5.97 Å². The van der Waals surface area contributed by atoms with Crippen molar-refractivity contribution < 1.29 is 51.4 Å². The van der Waals surface area contributed by atoms with Crippen molar-refractivity contribution in [2.24, 2.45) is 0 Å². The molecular formula is C33H69O5Zr-. The molecule has 0 atom stereocenters. The third-order valence-corrected chi connectivity index (χ3v) is 6.20. The van der Waals surface area contributed by atoms with Gasteiger partial charge in [0.25, 0.3) is 0 Å². The second kappa shape index (κ2) is 54.1. The summed E-state index contributed by atoms with van der Waals surface area (Å²) < 4.78 is 0. The molecule has 0 unspecified atom stereocenters. The number of hydrogen-bond donors (Lipinski definition) is 3. The molecule has 0 aliphatic rings. The Balaban J connectivity index is -0.000000135. The van der Waals surface area contributed by atoms with Gasteiger partial charge in [-0.05, 0) is 25.3 Å². The molecule has 0 fully saturated rings. The summed E-state index contributed by atoms with van der Waals surface area (Å²) in [5, 5.41) is 34.7. The van der Waals surface area contributed by atoms with Gasteiger partial charge >= 0.3 is 0 Å². The Kier molecular flexibility index (Phi) is 67.6. The maximum Gasteiger partial charge on any atom is 0.0636 e. The Bertz CT molecular complexity index is 327. The first-order valence-electron chi connectivity index (χ1n) is 16.2. The van der Waals surface area contributed by atoms with Crippen LogP contribution in [0.15, 0.2) is 12.7 Å². The van der Waals surface area contributed by atoms with Crippen LogP contribution < -0.4 is 5.11 Å². The van der Waals surface area contributed by atoms with Crippen LogP contribution >= 0.6 is 0 Å². The Morgan fingerprint density at radius 1 is 0.487 bits per heavy atom. The molecule has 5 nitrogen and oxygen atoms in total. The van der Waals surface area contributed by atoms with E-state index in [2.05, 4.69) is 27.4 Å². The van der Waals surface area contributed by atoms with Gasteiger partial charge < -0.3 is 25.2 Å². The minimum Gasteiger partial charge on any atom is -0.545 e. The van der Waals surface area contributed by atoms with Crippen LogP contribution in [0.5, 0.6) is 0 Å². The summed E-state index contributed by atoms with van der Waals surface area (Å²) in [7, 11) is 0. The van der Waals surface area contributed by atoms with Crippen molar-refractivity contribution in [2.75, 3.05) is 19.8 Å². The zero-order valence-electron chi connectivity index (χ0n) is 26.5. The minimum absolute atomic E-state index is 0. The zero-order valence-corrected chi connectivity index (χ0v) is 29.0. The summed E-state index contributed by atoms with van der Waals surface area (Å²) in [5.41, 5.74) is 0. The second-order valence-electron chi connectivity index (χ2n) is 10.1. The first-order chi connectivity index (χ1) is 18.5. The van der Waals surface area contributed by atoms with Crippen molar-refractivity contribution >= 4 is 5.97 Å². The number of aliphatic carboxylic acids is 1. The predicted molar refractivity (Wildman–Crippen MR) is 164 cm³/mol. The molecule has 39 heavy (non-hydrogen) atoms. The average Bonchev–Trinajstić information content (AvgIpc) is 2.93. The number of rotatable bonds is 25. The SMILES string of the molecule is C=CC(=O)[O-].CCCCCCCCCCO.CCCCCCCCCCO.CCCCCCCCCCO.[Zr]. The quantitative estimate of drug-likeness (QED) is 0.0692. The van der Waals surface area contributed by atoms with Crippen LogP contribution in [-0.2, 0) is 31.0 Å². The molecule has 6 heteroatoms. The van der Waals surface area contributed by atoms with E-state index in [9.17, 15) is 0 Å². The number of hydrogen-bond acceptors (Lipinski definition) is 5. The fraction of sp³-hybridized carbons (Fsp3) is 0.909. The van der Waals surface area contributed by atoms with Gasteiger partial charge in [0.2, 0.25) is 0 Å². The van der Waals surface area contributed by atoms with E-state index >= 15 is 0 Å². The number of carboxylic acids is 1. The van der Waals surface area contributed by atoms with Crippen LogP contribution in [0.4, 0.5) is 0 Å². The van der Waals surface area contributed by atoms with E-state index in [0.717, 1.165) is 25.3 Å². The smallest absolute Gasteiger partial charge is 0.0636 e.